The van der Waals surface area contributed by atoms with Crippen LogP contribution in [0, 0.1) is 6.08 Å². The van der Waals surface area contributed by atoms with Gasteiger partial charge in [-0.3, -0.25) is 0 Å². The molecule has 2 aromatic carbocycles. The molecule has 22 heavy (non-hydrogen) atoms. The molecule has 0 aliphatic carbocycles. The Balaban J connectivity index is 0.00000242. The van der Waals surface area contributed by atoms with E-state index in [4.69, 9.17) is 0 Å². The fourth-order valence-corrected chi connectivity index (χ4v) is 2.10. The fourth-order valence-electron chi connectivity index (χ4n) is 2.10. The molecule has 0 fully saturated rings. The maximum atomic E-state index is 11.7. The number of carbonyl (C=O) groups excluding carboxylic acids is 1. The van der Waals surface area contributed by atoms with Crippen molar-refractivity contribution in [2.24, 2.45) is 0 Å². The SMILES string of the molecule is O=C([C-]=C(O)CCc1ccccc1)CCc1ccccc1.[Ba+2].[H-]. The van der Waals surface area contributed by atoms with Gasteiger partial charge in [-0.25, -0.2) is 0 Å². The van der Waals surface area contributed by atoms with Gasteiger partial charge >= 0.3 is 48.9 Å². The van der Waals surface area contributed by atoms with Gasteiger partial charge < -0.3 is 17.4 Å². The van der Waals surface area contributed by atoms with Crippen molar-refractivity contribution in [2.45, 2.75) is 25.7 Å². The molecule has 0 aliphatic rings. The van der Waals surface area contributed by atoms with Crippen LogP contribution >= 0.6 is 0 Å². The molecule has 3 heteroatoms. The van der Waals surface area contributed by atoms with E-state index in [2.05, 4.69) is 6.08 Å². The van der Waals surface area contributed by atoms with Gasteiger partial charge in [-0.2, -0.15) is 0 Å². The Morgan fingerprint density at radius 1 is 0.864 bits per heavy atom. The third-order valence-corrected chi connectivity index (χ3v) is 3.26. The number of Topliss-reactive ketones (excluding diaryl/α,β-unsaturated/α-hetero) is 1. The van der Waals surface area contributed by atoms with Gasteiger partial charge in [0.15, 0.2) is 0 Å². The third-order valence-electron chi connectivity index (χ3n) is 3.26. The molecule has 0 atom stereocenters. The summed E-state index contributed by atoms with van der Waals surface area (Å²) < 4.78 is 0. The second kappa shape index (κ2) is 10.9. The van der Waals surface area contributed by atoms with Gasteiger partial charge in [0, 0.05) is 0 Å². The molecule has 2 rings (SSSR count). The van der Waals surface area contributed by atoms with Gasteiger partial charge in [0.25, 0.3) is 0 Å². The molecular weight excluding hydrogens is 398 g/mol. The normalized spacial score (nSPS) is 10.8. The molecule has 2 nitrogen and oxygen atoms in total. The van der Waals surface area contributed by atoms with E-state index in [0.29, 0.717) is 25.7 Å². The molecule has 0 aromatic heterocycles. The second-order valence-electron chi connectivity index (χ2n) is 4.97. The van der Waals surface area contributed by atoms with Crippen molar-refractivity contribution in [1.29, 1.82) is 0 Å². The molecule has 0 heterocycles. The molecule has 0 amide bonds. The monoisotopic (exact) mass is 418 g/mol. The Hall–Kier alpha value is -0.779. The fraction of sp³-hybridized carbons (Fsp3) is 0.211. The van der Waals surface area contributed by atoms with Crippen LogP contribution in [-0.2, 0) is 17.6 Å². The summed E-state index contributed by atoms with van der Waals surface area (Å²) in [4.78, 5) is 11.7. The van der Waals surface area contributed by atoms with Gasteiger partial charge in [0.2, 0.25) is 0 Å². The van der Waals surface area contributed by atoms with Crippen LogP contribution in [-0.4, -0.2) is 59.8 Å². The van der Waals surface area contributed by atoms with Crippen molar-refractivity contribution in [3.63, 3.8) is 0 Å². The van der Waals surface area contributed by atoms with E-state index in [9.17, 15) is 9.90 Å². The number of rotatable bonds is 7. The summed E-state index contributed by atoms with van der Waals surface area (Å²) in [5, 5.41) is 9.76. The molecule has 0 aliphatic heterocycles. The summed E-state index contributed by atoms with van der Waals surface area (Å²) >= 11 is 0. The molecular formula is C19H20BaO2. The molecule has 0 saturated carbocycles. The number of aliphatic hydroxyl groups excluding tert-OH is 1. The topological polar surface area (TPSA) is 37.3 Å². The number of aryl methyl sites for hydroxylation is 2. The van der Waals surface area contributed by atoms with Gasteiger partial charge in [-0.1, -0.05) is 66.4 Å². The van der Waals surface area contributed by atoms with E-state index in [1.807, 2.05) is 60.7 Å². The van der Waals surface area contributed by atoms with E-state index in [0.717, 1.165) is 11.1 Å². The number of aliphatic hydroxyl groups is 1. The zero-order valence-electron chi connectivity index (χ0n) is 13.7. The Morgan fingerprint density at radius 3 is 1.82 bits per heavy atom. The third kappa shape index (κ3) is 7.47. The minimum atomic E-state index is -0.149. The standard InChI is InChI=1S/C19H19O2.Ba.H/c20-18(13-11-16-7-3-1-4-8-16)15-19(21)14-12-17-9-5-2-6-10-17;;/h1-10,20H,11-14H2;;/q-1;+2;-1. The van der Waals surface area contributed by atoms with E-state index < -0.39 is 0 Å². The van der Waals surface area contributed by atoms with Crippen molar-refractivity contribution in [3.05, 3.63) is 83.6 Å². The molecule has 0 unspecified atom stereocenters. The number of hydrogen-bond donors (Lipinski definition) is 1. The Kier molecular flexibility index (Phi) is 9.52. The van der Waals surface area contributed by atoms with E-state index in [1.54, 1.807) is 0 Å². The van der Waals surface area contributed by atoms with E-state index >= 15 is 0 Å². The summed E-state index contributed by atoms with van der Waals surface area (Å²) in [6.07, 6.45) is 4.77. The van der Waals surface area contributed by atoms with E-state index in [-0.39, 0.29) is 61.9 Å². The van der Waals surface area contributed by atoms with Crippen molar-refractivity contribution in [2.75, 3.05) is 0 Å². The van der Waals surface area contributed by atoms with Crippen LogP contribution in [0.25, 0.3) is 0 Å². The maximum Gasteiger partial charge on any atom is 2.00 e. The van der Waals surface area contributed by atoms with Crippen LogP contribution in [0.2, 0.25) is 0 Å². The zero-order valence-corrected chi connectivity index (χ0v) is 17.1. The summed E-state index contributed by atoms with van der Waals surface area (Å²) in [6.45, 7) is 0. The molecule has 110 valence electrons. The summed E-state index contributed by atoms with van der Waals surface area (Å²) in [5.74, 6) is -0.110. The van der Waals surface area contributed by atoms with Gasteiger partial charge in [-0.15, -0.1) is 0 Å². The van der Waals surface area contributed by atoms with E-state index in [1.165, 1.54) is 0 Å². The molecule has 0 spiro atoms. The molecule has 0 saturated heterocycles. The average molecular weight is 418 g/mol. The quantitative estimate of drug-likeness (QED) is 0.322. The zero-order chi connectivity index (χ0) is 14.9. The number of ketones is 1. The van der Waals surface area contributed by atoms with Gasteiger partial charge in [0.1, 0.15) is 0 Å². The molecule has 1 N–H and O–H groups in total. The average Bonchev–Trinajstić information content (AvgIpc) is 2.53. The second-order valence-corrected chi connectivity index (χ2v) is 4.97. The Morgan fingerprint density at radius 2 is 1.32 bits per heavy atom. The first-order valence-corrected chi connectivity index (χ1v) is 7.16. The van der Waals surface area contributed by atoms with Crippen molar-refractivity contribution < 1.29 is 11.3 Å². The Bertz CT molecular complexity index is 597. The van der Waals surface area contributed by atoms with Crippen LogP contribution in [0.3, 0.4) is 0 Å². The molecule has 0 radical (unpaired) electrons. The summed E-state index contributed by atoms with van der Waals surface area (Å²) in [5.41, 5.74) is 2.26. The first-order valence-electron chi connectivity index (χ1n) is 7.16. The predicted octanol–water partition coefficient (Wildman–Crippen LogP) is 3.80. The number of benzene rings is 2. The van der Waals surface area contributed by atoms with Crippen LogP contribution in [0.15, 0.2) is 66.4 Å². The van der Waals surface area contributed by atoms with Crippen molar-refractivity contribution in [3.8, 4) is 0 Å². The number of allylic oxidation sites excluding steroid dienone is 2. The summed E-state index contributed by atoms with van der Waals surface area (Å²) in [7, 11) is 0. The molecule has 2 aromatic rings. The number of carbonyl (C=O) groups is 1. The van der Waals surface area contributed by atoms with Crippen molar-refractivity contribution in [1.82, 2.24) is 0 Å². The molecule has 0 bridgehead atoms. The van der Waals surface area contributed by atoms with Gasteiger partial charge in [0.05, 0.1) is 0 Å². The van der Waals surface area contributed by atoms with Crippen LogP contribution < -0.4 is 0 Å². The predicted molar refractivity (Wildman–Crippen MR) is 90.8 cm³/mol. The first kappa shape index (κ1) is 19.3. The van der Waals surface area contributed by atoms with Gasteiger partial charge in [-0.05, 0) is 42.6 Å². The van der Waals surface area contributed by atoms with Crippen molar-refractivity contribution >= 4 is 54.7 Å². The first-order chi connectivity index (χ1) is 10.2. The number of hydrogen-bond acceptors (Lipinski definition) is 2. The minimum Gasteiger partial charge on any atom is -1.00 e. The van der Waals surface area contributed by atoms with Crippen LogP contribution in [0.5, 0.6) is 0 Å². The minimum absolute atomic E-state index is 0. The summed E-state index contributed by atoms with van der Waals surface area (Å²) in [6, 6.07) is 19.7. The van der Waals surface area contributed by atoms with Crippen LogP contribution in [0.4, 0.5) is 0 Å². The largest absolute Gasteiger partial charge is 2.00 e. The maximum absolute atomic E-state index is 11.7. The Labute approximate surface area is 173 Å². The van der Waals surface area contributed by atoms with Crippen LogP contribution in [0.1, 0.15) is 25.4 Å². The smallest absolute Gasteiger partial charge is 1.00 e.